The summed E-state index contributed by atoms with van der Waals surface area (Å²) < 4.78 is 25.3. The second-order valence-electron chi connectivity index (χ2n) is 3.44. The average molecular weight is 247 g/mol. The summed E-state index contributed by atoms with van der Waals surface area (Å²) in [5.41, 5.74) is 0. The Kier molecular flexibility index (Phi) is 6.77. The lowest BCUT2D eigenvalue weighted by molar-refractivity contribution is -0.137. The number of aliphatic carboxylic acids is 1. The van der Waals surface area contributed by atoms with Crippen LogP contribution < -0.4 is 4.72 Å². The molecule has 0 saturated carbocycles. The lowest BCUT2D eigenvalue weighted by atomic mass is 10.2. The minimum atomic E-state index is -3.47. The van der Waals surface area contributed by atoms with Crippen molar-refractivity contribution < 1.29 is 18.3 Å². The number of hydrogen-bond donors (Lipinski definition) is 2. The Morgan fingerprint density at radius 1 is 1.56 bits per heavy atom. The number of nitrogens with one attached hydrogen (secondary N) is 1. The van der Waals surface area contributed by atoms with Gasteiger partial charge in [-0.2, -0.15) is 0 Å². The van der Waals surface area contributed by atoms with E-state index in [9.17, 15) is 13.2 Å². The van der Waals surface area contributed by atoms with E-state index in [2.05, 4.69) is 10.6 Å². The molecule has 0 spiro atoms. The van der Waals surface area contributed by atoms with Crippen LogP contribution in [-0.4, -0.2) is 31.3 Å². The highest BCUT2D eigenvalue weighted by atomic mass is 32.2. The first-order chi connectivity index (χ1) is 7.41. The Morgan fingerprint density at radius 2 is 2.19 bits per heavy atom. The number of sulfonamides is 1. The van der Waals surface area contributed by atoms with Gasteiger partial charge >= 0.3 is 5.97 Å². The van der Waals surface area contributed by atoms with Gasteiger partial charge < -0.3 is 5.11 Å². The lowest BCUT2D eigenvalue weighted by Gasteiger charge is -2.11. The molecular weight excluding hydrogens is 230 g/mol. The molecule has 0 aromatic carbocycles. The Labute approximate surface area is 96.3 Å². The minimum absolute atomic E-state index is 0.0914. The van der Waals surface area contributed by atoms with Gasteiger partial charge in [-0.25, -0.2) is 13.1 Å². The minimum Gasteiger partial charge on any atom is -0.481 e. The number of terminal acetylenes is 1. The van der Waals surface area contributed by atoms with Crippen molar-refractivity contribution in [2.45, 2.75) is 38.6 Å². The fourth-order valence-electron chi connectivity index (χ4n) is 1.15. The molecule has 0 rings (SSSR count). The molecule has 6 heteroatoms. The average Bonchev–Trinajstić information content (AvgIpc) is 2.15. The smallest absolute Gasteiger partial charge is 0.303 e. The number of carboxylic acid groups (broad SMARTS) is 1. The summed E-state index contributed by atoms with van der Waals surface area (Å²) in [5.74, 6) is 1.14. The fraction of sp³-hybridized carbons (Fsp3) is 0.700. The van der Waals surface area contributed by atoms with Gasteiger partial charge in [0.1, 0.15) is 0 Å². The van der Waals surface area contributed by atoms with Crippen molar-refractivity contribution in [3.8, 4) is 12.3 Å². The molecule has 2 N–H and O–H groups in total. The molecule has 0 aliphatic carbocycles. The molecule has 0 heterocycles. The van der Waals surface area contributed by atoms with E-state index < -0.39 is 22.0 Å². The summed E-state index contributed by atoms with van der Waals surface area (Å²) in [6, 6.07) is -0.500. The maximum atomic E-state index is 11.5. The molecule has 0 saturated heterocycles. The lowest BCUT2D eigenvalue weighted by Crippen LogP contribution is -2.35. The van der Waals surface area contributed by atoms with Crippen LogP contribution in [0, 0.1) is 12.3 Å². The molecule has 5 nitrogen and oxygen atoms in total. The molecule has 0 aliphatic heterocycles. The van der Waals surface area contributed by atoms with E-state index in [1.807, 2.05) is 6.92 Å². The molecule has 0 fully saturated rings. The third-order valence-electron chi connectivity index (χ3n) is 1.90. The number of carbonyl (C=O) groups is 1. The van der Waals surface area contributed by atoms with E-state index in [0.29, 0.717) is 6.42 Å². The highest BCUT2D eigenvalue weighted by Crippen LogP contribution is 2.00. The maximum absolute atomic E-state index is 11.5. The van der Waals surface area contributed by atoms with Crippen molar-refractivity contribution >= 4 is 16.0 Å². The summed E-state index contributed by atoms with van der Waals surface area (Å²) >= 11 is 0. The van der Waals surface area contributed by atoms with Crippen molar-refractivity contribution in [2.24, 2.45) is 0 Å². The SMILES string of the molecule is C#CC(CCC)NS(=O)(=O)CCCC(=O)O. The third kappa shape index (κ3) is 7.26. The molecule has 0 bridgehead atoms. The van der Waals surface area contributed by atoms with Gasteiger partial charge in [-0.05, 0) is 12.8 Å². The number of carboxylic acids is 1. The Bertz CT molecular complexity index is 356. The molecular formula is C10H17NO4S. The molecule has 0 radical (unpaired) electrons. The molecule has 0 aromatic rings. The maximum Gasteiger partial charge on any atom is 0.303 e. The summed E-state index contributed by atoms with van der Waals surface area (Å²) in [7, 11) is -3.47. The van der Waals surface area contributed by atoms with Gasteiger partial charge in [0.2, 0.25) is 10.0 Å². The van der Waals surface area contributed by atoms with Crippen LogP contribution >= 0.6 is 0 Å². The Morgan fingerprint density at radius 3 is 2.62 bits per heavy atom. The molecule has 1 atom stereocenters. The van der Waals surface area contributed by atoms with Gasteiger partial charge in [0.15, 0.2) is 0 Å². The van der Waals surface area contributed by atoms with E-state index in [1.165, 1.54) is 0 Å². The predicted molar refractivity (Wildman–Crippen MR) is 61.3 cm³/mol. The first-order valence-corrected chi connectivity index (χ1v) is 6.74. The van der Waals surface area contributed by atoms with Gasteiger partial charge in [-0.3, -0.25) is 4.79 Å². The van der Waals surface area contributed by atoms with E-state index in [4.69, 9.17) is 11.5 Å². The summed E-state index contributed by atoms with van der Waals surface area (Å²) in [5, 5.41) is 8.38. The van der Waals surface area contributed by atoms with Crippen LogP contribution in [0.3, 0.4) is 0 Å². The van der Waals surface area contributed by atoms with Crippen LogP contribution in [0.25, 0.3) is 0 Å². The summed E-state index contributed by atoms with van der Waals surface area (Å²) in [6.07, 6.45) is 6.47. The van der Waals surface area contributed by atoms with E-state index in [1.54, 1.807) is 0 Å². The van der Waals surface area contributed by atoms with Crippen LogP contribution in [0.2, 0.25) is 0 Å². The fourth-order valence-corrected chi connectivity index (χ4v) is 2.42. The van der Waals surface area contributed by atoms with Crippen molar-refractivity contribution in [1.29, 1.82) is 0 Å². The normalized spacial score (nSPS) is 13.0. The van der Waals surface area contributed by atoms with Gasteiger partial charge in [-0.1, -0.05) is 19.3 Å². The highest BCUT2D eigenvalue weighted by molar-refractivity contribution is 7.89. The van der Waals surface area contributed by atoms with Crippen LogP contribution in [0.5, 0.6) is 0 Å². The molecule has 0 aromatic heterocycles. The van der Waals surface area contributed by atoms with Crippen molar-refractivity contribution in [2.75, 3.05) is 5.75 Å². The first kappa shape index (κ1) is 14.9. The molecule has 16 heavy (non-hydrogen) atoms. The predicted octanol–water partition coefficient (Wildman–Crippen LogP) is 0.572. The van der Waals surface area contributed by atoms with Crippen LogP contribution in [0.1, 0.15) is 32.6 Å². The number of hydrogen-bond acceptors (Lipinski definition) is 3. The largest absolute Gasteiger partial charge is 0.481 e. The molecule has 92 valence electrons. The van der Waals surface area contributed by atoms with Crippen LogP contribution in [-0.2, 0) is 14.8 Å². The van der Waals surface area contributed by atoms with Crippen LogP contribution in [0.4, 0.5) is 0 Å². The van der Waals surface area contributed by atoms with Crippen molar-refractivity contribution in [1.82, 2.24) is 4.72 Å². The Hall–Kier alpha value is -1.06. The highest BCUT2D eigenvalue weighted by Gasteiger charge is 2.15. The topological polar surface area (TPSA) is 83.5 Å². The molecule has 1 unspecified atom stereocenters. The zero-order valence-electron chi connectivity index (χ0n) is 9.27. The monoisotopic (exact) mass is 247 g/mol. The van der Waals surface area contributed by atoms with Crippen molar-refractivity contribution in [3.63, 3.8) is 0 Å². The quantitative estimate of drug-likeness (QED) is 0.614. The van der Waals surface area contributed by atoms with E-state index in [0.717, 1.165) is 6.42 Å². The van der Waals surface area contributed by atoms with Crippen LogP contribution in [0.15, 0.2) is 0 Å². The van der Waals surface area contributed by atoms with Gasteiger partial charge in [-0.15, -0.1) is 6.42 Å². The molecule has 0 aliphatic rings. The van der Waals surface area contributed by atoms with E-state index >= 15 is 0 Å². The Balaban J connectivity index is 4.13. The third-order valence-corrected chi connectivity index (χ3v) is 3.37. The summed E-state index contributed by atoms with van der Waals surface area (Å²) in [4.78, 5) is 10.2. The summed E-state index contributed by atoms with van der Waals surface area (Å²) in [6.45, 7) is 1.91. The van der Waals surface area contributed by atoms with Gasteiger partial charge in [0.25, 0.3) is 0 Å². The zero-order chi connectivity index (χ0) is 12.6. The van der Waals surface area contributed by atoms with E-state index in [-0.39, 0.29) is 18.6 Å². The molecule has 0 amide bonds. The second-order valence-corrected chi connectivity index (χ2v) is 5.32. The standard InChI is InChI=1S/C10H17NO4S/c1-3-6-9(4-2)11-16(14,15)8-5-7-10(12)13/h2,9,11H,3,5-8H2,1H3,(H,12,13). The zero-order valence-corrected chi connectivity index (χ0v) is 10.1. The van der Waals surface area contributed by atoms with Crippen molar-refractivity contribution in [3.05, 3.63) is 0 Å². The second kappa shape index (κ2) is 7.25. The first-order valence-electron chi connectivity index (χ1n) is 5.09. The van der Waals surface area contributed by atoms with Gasteiger partial charge in [0.05, 0.1) is 11.8 Å². The number of rotatable bonds is 8. The van der Waals surface area contributed by atoms with Gasteiger partial charge in [0, 0.05) is 6.42 Å².